The van der Waals surface area contributed by atoms with Crippen molar-refractivity contribution in [3.63, 3.8) is 0 Å². The van der Waals surface area contributed by atoms with Gasteiger partial charge >= 0.3 is 0 Å². The second-order valence-electron chi connectivity index (χ2n) is 7.55. The van der Waals surface area contributed by atoms with Crippen LogP contribution in [-0.2, 0) is 19.6 Å². The summed E-state index contributed by atoms with van der Waals surface area (Å²) in [7, 11) is -2.04. The van der Waals surface area contributed by atoms with Gasteiger partial charge in [-0.25, -0.2) is 8.42 Å². The van der Waals surface area contributed by atoms with Gasteiger partial charge in [0.1, 0.15) is 0 Å². The average molecular weight is 464 g/mol. The first-order valence-corrected chi connectivity index (χ1v) is 12.4. The highest BCUT2D eigenvalue weighted by Gasteiger charge is 2.22. The van der Waals surface area contributed by atoms with Crippen molar-refractivity contribution in [3.8, 4) is 0 Å². The molecule has 2 rings (SSSR count). The molecule has 9 heteroatoms. The molecule has 2 aromatic rings. The fourth-order valence-electron chi connectivity index (χ4n) is 2.73. The number of carbonyl (C=O) groups excluding carboxylic acids is 2. The Hall–Kier alpha value is -2.36. The van der Waals surface area contributed by atoms with Crippen molar-refractivity contribution in [1.29, 1.82) is 0 Å². The fourth-order valence-corrected chi connectivity index (χ4v) is 4.71. The van der Waals surface area contributed by atoms with E-state index in [1.54, 1.807) is 26.0 Å². The minimum Gasteiger partial charge on any atom is -0.325 e. The van der Waals surface area contributed by atoms with E-state index < -0.39 is 10.0 Å². The van der Waals surface area contributed by atoms with Crippen molar-refractivity contribution in [2.24, 2.45) is 0 Å². The first-order valence-electron chi connectivity index (χ1n) is 9.83. The van der Waals surface area contributed by atoms with Gasteiger partial charge in [-0.15, -0.1) is 11.8 Å². The van der Waals surface area contributed by atoms with Crippen LogP contribution in [0.5, 0.6) is 0 Å². The van der Waals surface area contributed by atoms with Crippen LogP contribution in [-0.4, -0.2) is 49.1 Å². The van der Waals surface area contributed by atoms with E-state index in [0.717, 1.165) is 16.8 Å². The number of rotatable bonds is 9. The topological polar surface area (TPSA) is 95.6 Å². The van der Waals surface area contributed by atoms with E-state index in [2.05, 4.69) is 10.6 Å². The Morgan fingerprint density at radius 1 is 0.968 bits per heavy atom. The van der Waals surface area contributed by atoms with Gasteiger partial charge in [-0.3, -0.25) is 9.59 Å². The molecule has 7 nitrogen and oxygen atoms in total. The molecule has 0 heterocycles. The van der Waals surface area contributed by atoms with Gasteiger partial charge in [0.15, 0.2) is 0 Å². The zero-order valence-corrected chi connectivity index (χ0v) is 20.1. The van der Waals surface area contributed by atoms with Crippen LogP contribution >= 0.6 is 11.8 Å². The van der Waals surface area contributed by atoms with Crippen LogP contribution in [0.15, 0.2) is 47.4 Å². The Morgan fingerprint density at radius 3 is 2.10 bits per heavy atom. The Labute approximate surface area is 188 Å². The van der Waals surface area contributed by atoms with Gasteiger partial charge in [-0.2, -0.15) is 4.31 Å². The van der Waals surface area contributed by atoms with Gasteiger partial charge in [-0.1, -0.05) is 17.7 Å². The Morgan fingerprint density at radius 2 is 1.55 bits per heavy atom. The van der Waals surface area contributed by atoms with Crippen molar-refractivity contribution in [2.75, 3.05) is 29.2 Å². The zero-order valence-electron chi connectivity index (χ0n) is 18.4. The average Bonchev–Trinajstić information content (AvgIpc) is 2.69. The van der Waals surface area contributed by atoms with Crippen LogP contribution in [0.25, 0.3) is 0 Å². The van der Waals surface area contributed by atoms with Gasteiger partial charge < -0.3 is 10.6 Å². The molecule has 0 aliphatic carbocycles. The molecule has 0 spiro atoms. The van der Waals surface area contributed by atoms with Gasteiger partial charge in [0.25, 0.3) is 0 Å². The molecule has 0 radical (unpaired) electrons. The van der Waals surface area contributed by atoms with Crippen molar-refractivity contribution in [3.05, 3.63) is 53.6 Å². The van der Waals surface area contributed by atoms with Gasteiger partial charge in [0.2, 0.25) is 21.8 Å². The van der Waals surface area contributed by atoms with Crippen LogP contribution < -0.4 is 10.6 Å². The fraction of sp³-hybridized carbons (Fsp3) is 0.364. The highest BCUT2D eigenvalue weighted by atomic mass is 32.2. The van der Waals surface area contributed by atoms with E-state index in [0.29, 0.717) is 5.69 Å². The third-order valence-corrected chi connectivity index (χ3v) is 7.64. The lowest BCUT2D eigenvalue weighted by molar-refractivity contribution is -0.114. The zero-order chi connectivity index (χ0) is 23.2. The summed E-state index contributed by atoms with van der Waals surface area (Å²) in [5.41, 5.74) is 3.37. The summed E-state index contributed by atoms with van der Waals surface area (Å²) in [6.07, 6.45) is 0. The monoisotopic (exact) mass is 463 g/mol. The van der Waals surface area contributed by atoms with Crippen LogP contribution in [0, 0.1) is 13.8 Å². The maximum Gasteiger partial charge on any atom is 0.243 e. The predicted molar refractivity (Wildman–Crippen MR) is 127 cm³/mol. The predicted octanol–water partition coefficient (Wildman–Crippen LogP) is 3.64. The lowest BCUT2D eigenvalue weighted by Gasteiger charge is -2.21. The van der Waals surface area contributed by atoms with Gasteiger partial charge in [-0.05, 0) is 63.6 Å². The van der Waals surface area contributed by atoms with Gasteiger partial charge in [0.05, 0.1) is 16.4 Å². The maximum atomic E-state index is 12.5. The Bertz CT molecular complexity index is 1040. The number of hydrogen-bond donors (Lipinski definition) is 2. The number of carbonyl (C=O) groups is 2. The largest absolute Gasteiger partial charge is 0.325 e. The van der Waals surface area contributed by atoms with Crippen LogP contribution in [0.3, 0.4) is 0 Å². The minimum absolute atomic E-state index is 0.108. The third kappa shape index (κ3) is 7.09. The molecule has 0 aliphatic heterocycles. The summed E-state index contributed by atoms with van der Waals surface area (Å²) in [6.45, 7) is 7.52. The molecule has 31 heavy (non-hydrogen) atoms. The van der Waals surface area contributed by atoms with Crippen LogP contribution in [0.2, 0.25) is 0 Å². The number of nitrogens with zero attached hydrogens (tertiary/aromatic N) is 1. The summed E-state index contributed by atoms with van der Waals surface area (Å²) in [6, 6.07) is 11.7. The number of nitrogens with one attached hydrogen (secondary N) is 2. The number of aryl methyl sites for hydroxylation is 2. The Balaban J connectivity index is 1.83. The molecule has 0 unspecified atom stereocenters. The number of hydrogen-bond acceptors (Lipinski definition) is 5. The standard InChI is InChI=1S/C22H29N3O4S2/c1-15(2)25(5)31(28,29)19-9-7-18(8-10-19)23-21(26)13-30-14-22(27)24-20-11-6-16(3)12-17(20)4/h6-12,15H,13-14H2,1-5H3,(H,23,26)(H,24,27). The number of anilines is 2. The molecule has 0 fully saturated rings. The van der Waals surface area contributed by atoms with E-state index in [1.165, 1.54) is 35.2 Å². The highest BCUT2D eigenvalue weighted by Crippen LogP contribution is 2.19. The highest BCUT2D eigenvalue weighted by molar-refractivity contribution is 8.00. The smallest absolute Gasteiger partial charge is 0.243 e. The lowest BCUT2D eigenvalue weighted by atomic mass is 10.1. The molecule has 0 saturated heterocycles. The van der Waals surface area contributed by atoms with Crippen LogP contribution in [0.4, 0.5) is 11.4 Å². The summed E-state index contributed by atoms with van der Waals surface area (Å²) in [5, 5.41) is 5.56. The third-order valence-electron chi connectivity index (χ3n) is 4.66. The molecule has 0 atom stereocenters. The first-order chi connectivity index (χ1) is 14.5. The summed E-state index contributed by atoms with van der Waals surface area (Å²) in [5.74, 6) is -0.177. The van der Waals surface area contributed by atoms with E-state index >= 15 is 0 Å². The second-order valence-corrected chi connectivity index (χ2v) is 10.5. The molecule has 2 amide bonds. The van der Waals surface area contributed by atoms with E-state index in [-0.39, 0.29) is 34.3 Å². The summed E-state index contributed by atoms with van der Waals surface area (Å²) in [4.78, 5) is 24.4. The molecule has 0 saturated carbocycles. The summed E-state index contributed by atoms with van der Waals surface area (Å²) < 4.78 is 26.2. The SMILES string of the molecule is Cc1ccc(NC(=O)CSCC(=O)Nc2ccc(S(=O)(=O)N(C)C(C)C)cc2)c(C)c1. The summed E-state index contributed by atoms with van der Waals surface area (Å²) >= 11 is 1.20. The molecule has 0 aromatic heterocycles. The normalized spacial score (nSPS) is 11.6. The van der Waals surface area contributed by atoms with Crippen molar-refractivity contribution in [1.82, 2.24) is 4.31 Å². The quantitative estimate of drug-likeness (QED) is 0.592. The first kappa shape index (κ1) is 24.9. The van der Waals surface area contributed by atoms with Crippen molar-refractivity contribution >= 4 is 45.0 Å². The number of benzene rings is 2. The molecule has 2 aromatic carbocycles. The van der Waals surface area contributed by atoms with Crippen molar-refractivity contribution < 1.29 is 18.0 Å². The molecular weight excluding hydrogens is 434 g/mol. The Kier molecular flexibility index (Phi) is 8.67. The van der Waals surface area contributed by atoms with Crippen LogP contribution in [0.1, 0.15) is 25.0 Å². The minimum atomic E-state index is -3.57. The number of amides is 2. The van der Waals surface area contributed by atoms with E-state index in [9.17, 15) is 18.0 Å². The van der Waals surface area contributed by atoms with Gasteiger partial charge in [0, 0.05) is 24.5 Å². The number of thioether (sulfide) groups is 1. The van der Waals surface area contributed by atoms with E-state index in [1.807, 2.05) is 32.0 Å². The van der Waals surface area contributed by atoms with E-state index in [4.69, 9.17) is 0 Å². The molecule has 168 valence electrons. The maximum absolute atomic E-state index is 12.5. The lowest BCUT2D eigenvalue weighted by Crippen LogP contribution is -2.33. The molecular formula is C22H29N3O4S2. The van der Waals surface area contributed by atoms with Crippen molar-refractivity contribution in [2.45, 2.75) is 38.6 Å². The molecule has 0 bridgehead atoms. The molecule has 0 aliphatic rings. The molecule has 2 N–H and O–H groups in total. The number of sulfonamides is 1. The second kappa shape index (κ2) is 10.8.